The van der Waals surface area contributed by atoms with Gasteiger partial charge in [-0.2, -0.15) is 0 Å². The van der Waals surface area contributed by atoms with Crippen LogP contribution in [-0.2, 0) is 0 Å². The molecule has 1 fully saturated rings. The third kappa shape index (κ3) is 2.81. The van der Waals surface area contributed by atoms with Crippen LogP contribution in [0.3, 0.4) is 0 Å². The molecule has 3 unspecified atom stereocenters. The minimum absolute atomic E-state index is 0.165. The molecule has 3 heteroatoms. The zero-order valence-electron chi connectivity index (χ0n) is 11.7. The van der Waals surface area contributed by atoms with Crippen LogP contribution in [0.5, 0.6) is 0 Å². The summed E-state index contributed by atoms with van der Waals surface area (Å²) in [6, 6.07) is 0. The van der Waals surface area contributed by atoms with Crippen LogP contribution in [0.2, 0.25) is 0 Å². The second-order valence-corrected chi connectivity index (χ2v) is 6.50. The van der Waals surface area contributed by atoms with Crippen LogP contribution in [0.4, 0.5) is 8.78 Å². The molecule has 1 N–H and O–H groups in total. The largest absolute Gasteiger partial charge is 0.390 e. The minimum atomic E-state index is -2.64. The first kappa shape index (κ1) is 14.9. The molecular weight excluding hydrogens is 222 g/mol. The molecule has 0 amide bonds. The maximum Gasteiger partial charge on any atom is 0.251 e. The van der Waals surface area contributed by atoms with Crippen molar-refractivity contribution in [2.75, 3.05) is 0 Å². The lowest BCUT2D eigenvalue weighted by molar-refractivity contribution is -0.0848. The Kier molecular flexibility index (Phi) is 3.93. The highest BCUT2D eigenvalue weighted by atomic mass is 19.3. The van der Waals surface area contributed by atoms with E-state index in [1.807, 2.05) is 27.7 Å². The fraction of sp³-hybridized carbons (Fsp3) is 1.00. The van der Waals surface area contributed by atoms with Gasteiger partial charge in [0, 0.05) is 12.3 Å². The Balaban J connectivity index is 2.91. The van der Waals surface area contributed by atoms with Crippen LogP contribution in [0.1, 0.15) is 60.3 Å². The van der Waals surface area contributed by atoms with Gasteiger partial charge in [0.1, 0.15) is 0 Å². The van der Waals surface area contributed by atoms with Gasteiger partial charge in [-0.1, -0.05) is 34.1 Å². The summed E-state index contributed by atoms with van der Waals surface area (Å²) in [5.74, 6) is -3.52. The highest BCUT2D eigenvalue weighted by Gasteiger charge is 2.57. The van der Waals surface area contributed by atoms with Crippen LogP contribution in [0.15, 0.2) is 0 Å². The number of alkyl halides is 2. The highest BCUT2D eigenvalue weighted by Crippen LogP contribution is 2.55. The van der Waals surface area contributed by atoms with Crippen molar-refractivity contribution in [3.05, 3.63) is 0 Å². The Morgan fingerprint density at radius 1 is 1.18 bits per heavy atom. The third-order valence-corrected chi connectivity index (χ3v) is 5.00. The molecule has 1 nitrogen and oxygen atoms in total. The van der Waals surface area contributed by atoms with Crippen molar-refractivity contribution in [1.82, 2.24) is 0 Å². The first-order chi connectivity index (χ1) is 7.57. The van der Waals surface area contributed by atoms with E-state index in [1.165, 1.54) is 0 Å². The molecule has 1 aliphatic carbocycles. The molecular formula is C14H26F2O. The summed E-state index contributed by atoms with van der Waals surface area (Å²) in [4.78, 5) is 0. The summed E-state index contributed by atoms with van der Waals surface area (Å²) in [5, 5.41) is 10.2. The average Bonchev–Trinajstić information content (AvgIpc) is 2.55. The van der Waals surface area contributed by atoms with Crippen LogP contribution >= 0.6 is 0 Å². The quantitative estimate of drug-likeness (QED) is 0.788. The maximum absolute atomic E-state index is 14.1. The molecule has 102 valence electrons. The second-order valence-electron chi connectivity index (χ2n) is 6.50. The summed E-state index contributed by atoms with van der Waals surface area (Å²) in [7, 11) is 0. The lowest BCUT2D eigenvalue weighted by atomic mass is 9.73. The summed E-state index contributed by atoms with van der Waals surface area (Å²) >= 11 is 0. The molecule has 1 rings (SSSR count). The monoisotopic (exact) mass is 248 g/mol. The van der Waals surface area contributed by atoms with Crippen LogP contribution in [0, 0.1) is 17.3 Å². The second kappa shape index (κ2) is 4.49. The van der Waals surface area contributed by atoms with Gasteiger partial charge < -0.3 is 5.11 Å². The summed E-state index contributed by atoms with van der Waals surface area (Å²) in [6.07, 6.45) is 1.55. The van der Waals surface area contributed by atoms with E-state index in [1.54, 1.807) is 6.92 Å². The molecule has 0 spiro atoms. The maximum atomic E-state index is 14.1. The Morgan fingerprint density at radius 2 is 1.71 bits per heavy atom. The van der Waals surface area contributed by atoms with Gasteiger partial charge in [-0.15, -0.1) is 0 Å². The molecule has 0 saturated heterocycles. The smallest absolute Gasteiger partial charge is 0.251 e. The summed E-state index contributed by atoms with van der Waals surface area (Å²) in [5.41, 5.74) is -1.32. The molecule has 0 radical (unpaired) electrons. The predicted molar refractivity (Wildman–Crippen MR) is 66.1 cm³/mol. The van der Waals surface area contributed by atoms with E-state index < -0.39 is 17.4 Å². The number of hydrogen-bond donors (Lipinski definition) is 1. The Bertz CT molecular complexity index is 271. The molecule has 3 atom stereocenters. The molecule has 0 aromatic carbocycles. The van der Waals surface area contributed by atoms with Gasteiger partial charge in [-0.25, -0.2) is 8.78 Å². The lowest BCUT2D eigenvalue weighted by Gasteiger charge is -2.34. The van der Waals surface area contributed by atoms with Crippen molar-refractivity contribution in [3.8, 4) is 0 Å². The summed E-state index contributed by atoms with van der Waals surface area (Å²) in [6.45, 7) is 9.33. The SMILES string of the molecule is CCC(C)(C)C1CC(C(C)(O)CC)CC1(F)F. The van der Waals surface area contributed by atoms with Gasteiger partial charge in [0.2, 0.25) is 0 Å². The van der Waals surface area contributed by atoms with Crippen molar-refractivity contribution < 1.29 is 13.9 Å². The molecule has 0 aromatic heterocycles. The molecule has 1 saturated carbocycles. The van der Waals surface area contributed by atoms with Gasteiger partial charge in [0.05, 0.1) is 5.60 Å². The van der Waals surface area contributed by atoms with Crippen molar-refractivity contribution in [1.29, 1.82) is 0 Å². The van der Waals surface area contributed by atoms with E-state index in [4.69, 9.17) is 0 Å². The number of halogens is 2. The first-order valence-corrected chi connectivity index (χ1v) is 6.67. The molecule has 0 heterocycles. The van der Waals surface area contributed by atoms with Crippen LogP contribution in [0.25, 0.3) is 0 Å². The standard InChI is InChI=1S/C14H26F2O/c1-6-12(3,4)11-8-10(9-14(11,15)16)13(5,17)7-2/h10-11,17H,6-9H2,1-5H3. The fourth-order valence-corrected chi connectivity index (χ4v) is 2.91. The Morgan fingerprint density at radius 3 is 2.12 bits per heavy atom. The van der Waals surface area contributed by atoms with Gasteiger partial charge in [-0.3, -0.25) is 0 Å². The van der Waals surface area contributed by atoms with Crippen molar-refractivity contribution >= 4 is 0 Å². The normalized spacial score (nSPS) is 32.5. The van der Waals surface area contributed by atoms with Crippen LogP contribution in [-0.4, -0.2) is 16.6 Å². The lowest BCUT2D eigenvalue weighted by Crippen LogP contribution is -2.34. The fourth-order valence-electron chi connectivity index (χ4n) is 2.91. The Labute approximate surface area is 104 Å². The highest BCUT2D eigenvalue weighted by molar-refractivity contribution is 5.00. The van der Waals surface area contributed by atoms with Crippen molar-refractivity contribution in [3.63, 3.8) is 0 Å². The zero-order chi connectivity index (χ0) is 13.5. The van der Waals surface area contributed by atoms with Gasteiger partial charge in [0.15, 0.2) is 0 Å². The Hall–Kier alpha value is -0.180. The predicted octanol–water partition coefficient (Wildman–Crippen LogP) is 4.25. The van der Waals surface area contributed by atoms with E-state index in [0.29, 0.717) is 12.8 Å². The topological polar surface area (TPSA) is 20.2 Å². The summed E-state index contributed by atoms with van der Waals surface area (Å²) < 4.78 is 28.2. The van der Waals surface area contributed by atoms with E-state index in [0.717, 1.165) is 6.42 Å². The van der Waals surface area contributed by atoms with Gasteiger partial charge >= 0.3 is 0 Å². The van der Waals surface area contributed by atoms with E-state index in [-0.39, 0.29) is 17.8 Å². The molecule has 0 aromatic rings. The number of rotatable bonds is 4. The van der Waals surface area contributed by atoms with Crippen LogP contribution < -0.4 is 0 Å². The first-order valence-electron chi connectivity index (χ1n) is 6.67. The van der Waals surface area contributed by atoms with Gasteiger partial charge in [0.25, 0.3) is 5.92 Å². The van der Waals surface area contributed by atoms with Crippen molar-refractivity contribution in [2.45, 2.75) is 71.8 Å². The zero-order valence-corrected chi connectivity index (χ0v) is 11.7. The molecule has 1 aliphatic rings. The molecule has 0 bridgehead atoms. The van der Waals surface area contributed by atoms with Gasteiger partial charge in [-0.05, 0) is 31.1 Å². The van der Waals surface area contributed by atoms with E-state index in [9.17, 15) is 13.9 Å². The van der Waals surface area contributed by atoms with E-state index in [2.05, 4.69) is 0 Å². The number of aliphatic hydroxyl groups is 1. The number of hydrogen-bond acceptors (Lipinski definition) is 1. The average molecular weight is 248 g/mol. The molecule has 17 heavy (non-hydrogen) atoms. The molecule has 0 aliphatic heterocycles. The van der Waals surface area contributed by atoms with E-state index >= 15 is 0 Å². The minimum Gasteiger partial charge on any atom is -0.390 e. The third-order valence-electron chi connectivity index (χ3n) is 5.00. The van der Waals surface area contributed by atoms with Crippen molar-refractivity contribution in [2.24, 2.45) is 17.3 Å².